The molecule has 0 fully saturated rings. The molecule has 122 valence electrons. The summed E-state index contributed by atoms with van der Waals surface area (Å²) in [6, 6.07) is 0. The van der Waals surface area contributed by atoms with E-state index >= 15 is 0 Å². The zero-order chi connectivity index (χ0) is 17.5. The number of carbonyl (C=O) groups is 2. The van der Waals surface area contributed by atoms with E-state index in [9.17, 15) is 35.0 Å². The van der Waals surface area contributed by atoms with Gasteiger partial charge in [-0.2, -0.15) is 0 Å². The lowest BCUT2D eigenvalue weighted by Crippen LogP contribution is -2.28. The van der Waals surface area contributed by atoms with E-state index in [1.807, 2.05) is 0 Å². The van der Waals surface area contributed by atoms with Crippen LogP contribution < -0.4 is 4.74 Å². The average molecular weight is 323 g/mol. The average Bonchev–Trinajstić information content (AvgIpc) is 2.48. The molecule has 0 saturated carbocycles. The van der Waals surface area contributed by atoms with Crippen LogP contribution in [0.2, 0.25) is 0 Å². The van der Waals surface area contributed by atoms with Gasteiger partial charge >= 0.3 is 11.5 Å². The van der Waals surface area contributed by atoms with Crippen molar-refractivity contribution in [1.82, 2.24) is 0 Å². The second kappa shape index (κ2) is 5.59. The van der Waals surface area contributed by atoms with Gasteiger partial charge in [0.1, 0.15) is 5.75 Å². The molecule has 0 spiro atoms. The Hall–Kier alpha value is -3.10. The number of aromatic hydroxyl groups is 2. The van der Waals surface area contributed by atoms with Crippen molar-refractivity contribution in [1.29, 1.82) is 0 Å². The number of allylic oxidation sites excluding steroid dienone is 1. The number of nitrogens with zero attached hydrogens (tertiary/aromatic N) is 1. The van der Waals surface area contributed by atoms with Gasteiger partial charge in [-0.15, -0.1) is 0 Å². The highest BCUT2D eigenvalue weighted by molar-refractivity contribution is 6.52. The Balaban J connectivity index is 2.97. The Morgan fingerprint density at radius 2 is 1.65 bits per heavy atom. The lowest BCUT2D eigenvalue weighted by Gasteiger charge is -2.21. The molecule has 9 nitrogen and oxygen atoms in total. The standard InChI is InChI=1S/C14H13NO8/c1-3-5-9(16)6-7(12(19)14(5)23-4-2)11(18)13(20)8(10(6)17)15(21)22/h16-17,19H,3-4H2,1-2H3. The third-order valence-electron chi connectivity index (χ3n) is 3.43. The van der Waals surface area contributed by atoms with E-state index in [1.54, 1.807) is 13.8 Å². The maximum Gasteiger partial charge on any atom is 0.362 e. The number of ketones is 2. The second-order valence-corrected chi connectivity index (χ2v) is 4.65. The lowest BCUT2D eigenvalue weighted by atomic mass is 9.87. The molecule has 0 radical (unpaired) electrons. The molecular formula is C14H13NO8. The number of nitro groups is 1. The first kappa shape index (κ1) is 16.3. The van der Waals surface area contributed by atoms with Crippen LogP contribution in [0.25, 0.3) is 5.76 Å². The quantitative estimate of drug-likeness (QED) is 0.325. The highest BCUT2D eigenvalue weighted by Gasteiger charge is 2.45. The maximum atomic E-state index is 12.1. The summed E-state index contributed by atoms with van der Waals surface area (Å²) in [6.45, 7) is 3.31. The van der Waals surface area contributed by atoms with E-state index in [-0.39, 0.29) is 24.3 Å². The predicted molar refractivity (Wildman–Crippen MR) is 76.2 cm³/mol. The summed E-state index contributed by atoms with van der Waals surface area (Å²) >= 11 is 0. The number of carbonyl (C=O) groups excluding carboxylic acids is 2. The first-order chi connectivity index (χ1) is 10.8. The first-order valence-electron chi connectivity index (χ1n) is 6.68. The molecule has 0 aromatic heterocycles. The number of hydrogen-bond donors (Lipinski definition) is 3. The van der Waals surface area contributed by atoms with Crippen molar-refractivity contribution in [2.24, 2.45) is 0 Å². The van der Waals surface area contributed by atoms with Gasteiger partial charge in [-0.25, -0.2) is 0 Å². The second-order valence-electron chi connectivity index (χ2n) is 4.65. The van der Waals surface area contributed by atoms with Crippen molar-refractivity contribution in [3.8, 4) is 17.2 Å². The fourth-order valence-electron chi connectivity index (χ4n) is 2.45. The Labute approximate surface area is 129 Å². The van der Waals surface area contributed by atoms with Gasteiger partial charge in [0.05, 0.1) is 22.7 Å². The number of fused-ring (bicyclic) bond motifs is 1. The molecule has 0 atom stereocenters. The fourth-order valence-corrected chi connectivity index (χ4v) is 2.45. The topological polar surface area (TPSA) is 147 Å². The number of rotatable bonds is 4. The van der Waals surface area contributed by atoms with E-state index in [2.05, 4.69) is 0 Å². The molecule has 2 rings (SSSR count). The molecule has 0 aliphatic heterocycles. The van der Waals surface area contributed by atoms with Crippen molar-refractivity contribution >= 4 is 17.3 Å². The van der Waals surface area contributed by atoms with Gasteiger partial charge < -0.3 is 20.1 Å². The van der Waals surface area contributed by atoms with Gasteiger partial charge in [0, 0.05) is 5.56 Å². The SMILES string of the molecule is CCOc1c(O)c2c(c(O)c1CC)C(O)=C([N+](=O)[O-])C(=O)C2=O. The number of benzene rings is 1. The molecule has 0 bridgehead atoms. The van der Waals surface area contributed by atoms with E-state index in [1.165, 1.54) is 0 Å². The normalized spacial score (nSPS) is 14.0. The van der Waals surface area contributed by atoms with Gasteiger partial charge in [0.2, 0.25) is 11.5 Å². The van der Waals surface area contributed by atoms with Crippen LogP contribution >= 0.6 is 0 Å². The molecule has 1 aliphatic carbocycles. The number of aliphatic hydroxyl groups excluding tert-OH is 1. The van der Waals surface area contributed by atoms with Gasteiger partial charge in [-0.1, -0.05) is 6.92 Å². The highest BCUT2D eigenvalue weighted by Crippen LogP contribution is 2.48. The third kappa shape index (κ3) is 2.17. The molecule has 1 aromatic rings. The van der Waals surface area contributed by atoms with Crippen LogP contribution in [0.3, 0.4) is 0 Å². The van der Waals surface area contributed by atoms with Gasteiger partial charge in [0.25, 0.3) is 0 Å². The third-order valence-corrected chi connectivity index (χ3v) is 3.43. The van der Waals surface area contributed by atoms with E-state index < -0.39 is 50.6 Å². The molecule has 0 amide bonds. The van der Waals surface area contributed by atoms with Crippen molar-refractivity contribution in [2.75, 3.05) is 6.61 Å². The van der Waals surface area contributed by atoms with Crippen molar-refractivity contribution in [2.45, 2.75) is 20.3 Å². The minimum atomic E-state index is -1.58. The predicted octanol–water partition coefficient (Wildman–Crippen LogP) is 1.33. The number of phenolic OH excluding ortho intramolecular Hbond substituents is 2. The fraction of sp³-hybridized carbons (Fsp3) is 0.286. The van der Waals surface area contributed by atoms with E-state index in [0.717, 1.165) is 0 Å². The summed E-state index contributed by atoms with van der Waals surface area (Å²) in [5.74, 6) is -5.75. The van der Waals surface area contributed by atoms with Crippen molar-refractivity contribution in [3.05, 3.63) is 32.5 Å². The van der Waals surface area contributed by atoms with Crippen LogP contribution in [0.1, 0.15) is 35.3 Å². The first-order valence-corrected chi connectivity index (χ1v) is 6.68. The number of ether oxygens (including phenoxy) is 1. The van der Waals surface area contributed by atoms with Crippen LogP contribution in [0.4, 0.5) is 0 Å². The van der Waals surface area contributed by atoms with Crippen LogP contribution in [0.5, 0.6) is 17.2 Å². The molecule has 23 heavy (non-hydrogen) atoms. The van der Waals surface area contributed by atoms with Gasteiger partial charge in [-0.3, -0.25) is 19.7 Å². The molecule has 0 heterocycles. The van der Waals surface area contributed by atoms with E-state index in [0.29, 0.717) is 0 Å². The number of aliphatic hydroxyl groups is 1. The molecule has 9 heteroatoms. The molecule has 0 saturated heterocycles. The van der Waals surface area contributed by atoms with Gasteiger partial charge in [0.15, 0.2) is 11.5 Å². The van der Waals surface area contributed by atoms with E-state index in [4.69, 9.17) is 4.74 Å². The van der Waals surface area contributed by atoms with Crippen LogP contribution in [-0.4, -0.2) is 38.4 Å². The summed E-state index contributed by atoms with van der Waals surface area (Å²) in [5, 5.41) is 41.4. The molecular weight excluding hydrogens is 310 g/mol. The largest absolute Gasteiger partial charge is 0.507 e. The monoisotopic (exact) mass is 323 g/mol. The van der Waals surface area contributed by atoms with Crippen LogP contribution in [-0.2, 0) is 11.2 Å². The number of hydrogen-bond acceptors (Lipinski definition) is 8. The van der Waals surface area contributed by atoms with Gasteiger partial charge in [-0.05, 0) is 13.3 Å². The van der Waals surface area contributed by atoms with Crippen molar-refractivity contribution in [3.63, 3.8) is 0 Å². The Morgan fingerprint density at radius 1 is 1.04 bits per heavy atom. The zero-order valence-corrected chi connectivity index (χ0v) is 12.2. The summed E-state index contributed by atoms with van der Waals surface area (Å²) < 4.78 is 5.19. The smallest absolute Gasteiger partial charge is 0.362 e. The summed E-state index contributed by atoms with van der Waals surface area (Å²) in [5.41, 5.74) is -2.64. The zero-order valence-electron chi connectivity index (χ0n) is 12.2. The number of phenols is 2. The molecule has 1 aromatic carbocycles. The molecule has 3 N–H and O–H groups in total. The number of Topliss-reactive ketones (excluding diaryl/α,β-unsaturated/α-hetero) is 2. The minimum absolute atomic E-state index is 0.0551. The summed E-state index contributed by atoms with van der Waals surface area (Å²) in [6.07, 6.45) is 0.144. The summed E-state index contributed by atoms with van der Waals surface area (Å²) in [7, 11) is 0. The molecule has 0 unspecified atom stereocenters. The van der Waals surface area contributed by atoms with Crippen LogP contribution in [0.15, 0.2) is 5.70 Å². The highest BCUT2D eigenvalue weighted by atomic mass is 16.6. The van der Waals surface area contributed by atoms with Crippen molar-refractivity contribution < 1.29 is 34.6 Å². The lowest BCUT2D eigenvalue weighted by molar-refractivity contribution is -0.418. The minimum Gasteiger partial charge on any atom is -0.507 e. The van der Waals surface area contributed by atoms with Crippen LogP contribution in [0, 0.1) is 10.1 Å². The Kier molecular flexibility index (Phi) is 3.96. The maximum absolute atomic E-state index is 12.1. The summed E-state index contributed by atoms with van der Waals surface area (Å²) in [4.78, 5) is 33.5. The Bertz CT molecular complexity index is 778. The Morgan fingerprint density at radius 3 is 2.13 bits per heavy atom. The molecule has 1 aliphatic rings.